The zero-order valence-corrected chi connectivity index (χ0v) is 13.8. The predicted molar refractivity (Wildman–Crippen MR) is 83.2 cm³/mol. The smallest absolute Gasteiger partial charge is 0.318 e. The van der Waals surface area contributed by atoms with Crippen LogP contribution in [0, 0.1) is 0 Å². The number of amides is 3. The molecule has 2 atom stereocenters. The second kappa shape index (κ2) is 7.30. The van der Waals surface area contributed by atoms with Crippen LogP contribution in [0.3, 0.4) is 0 Å². The lowest BCUT2D eigenvalue weighted by Gasteiger charge is -2.21. The molecule has 3 amide bonds. The molecule has 2 rings (SSSR count). The fourth-order valence-corrected chi connectivity index (χ4v) is 4.97. The standard InChI is InChI=1S/C14H25N3O4S/c1-2-13(18)15-7-5-3-4-6-8-17-12-10-22(20,21)9-11(12)16-14(17)19/h11-12H,2-10H2,1H3,(H,15,18)(H,16,19)/t11-,12-/m1/s1. The number of nitrogens with one attached hydrogen (secondary N) is 2. The first-order valence-corrected chi connectivity index (χ1v) is 9.79. The highest BCUT2D eigenvalue weighted by molar-refractivity contribution is 7.91. The van der Waals surface area contributed by atoms with E-state index in [1.165, 1.54) is 0 Å². The maximum absolute atomic E-state index is 11.8. The molecule has 0 aromatic heterocycles. The van der Waals surface area contributed by atoms with Gasteiger partial charge in [0.05, 0.1) is 23.6 Å². The van der Waals surface area contributed by atoms with Crippen LogP contribution in [0.15, 0.2) is 0 Å². The van der Waals surface area contributed by atoms with Crippen LogP contribution in [0.1, 0.15) is 39.0 Å². The van der Waals surface area contributed by atoms with Gasteiger partial charge in [0.15, 0.2) is 9.84 Å². The van der Waals surface area contributed by atoms with Crippen molar-refractivity contribution >= 4 is 21.8 Å². The number of urea groups is 1. The molecule has 0 aliphatic carbocycles. The third-order valence-corrected chi connectivity index (χ3v) is 5.98. The summed E-state index contributed by atoms with van der Waals surface area (Å²) in [6.07, 6.45) is 4.26. The summed E-state index contributed by atoms with van der Waals surface area (Å²) in [7, 11) is -3.01. The Labute approximate surface area is 131 Å². The minimum Gasteiger partial charge on any atom is -0.356 e. The number of nitrogens with zero attached hydrogens (tertiary/aromatic N) is 1. The third-order valence-electron chi connectivity index (χ3n) is 4.26. The van der Waals surface area contributed by atoms with Gasteiger partial charge in [-0.2, -0.15) is 0 Å². The molecule has 0 aromatic carbocycles. The van der Waals surface area contributed by atoms with E-state index in [0.29, 0.717) is 19.5 Å². The number of carbonyl (C=O) groups is 2. The zero-order chi connectivity index (χ0) is 16.2. The summed E-state index contributed by atoms with van der Waals surface area (Å²) in [5.41, 5.74) is 0. The topological polar surface area (TPSA) is 95.6 Å². The van der Waals surface area contributed by atoms with Gasteiger partial charge in [0.25, 0.3) is 0 Å². The third kappa shape index (κ3) is 4.34. The number of rotatable bonds is 8. The van der Waals surface area contributed by atoms with Crippen LogP contribution < -0.4 is 10.6 Å². The SMILES string of the molecule is CCC(=O)NCCCCCCN1C(=O)N[C@@H]2CS(=O)(=O)C[C@H]21. The monoisotopic (exact) mass is 331 g/mol. The van der Waals surface area contributed by atoms with Crippen LogP contribution >= 0.6 is 0 Å². The van der Waals surface area contributed by atoms with Gasteiger partial charge in [-0.05, 0) is 12.8 Å². The van der Waals surface area contributed by atoms with Crippen molar-refractivity contribution in [2.75, 3.05) is 24.6 Å². The Kier molecular flexibility index (Phi) is 5.66. The van der Waals surface area contributed by atoms with E-state index in [0.717, 1.165) is 25.7 Å². The molecular formula is C14H25N3O4S. The van der Waals surface area contributed by atoms with Crippen LogP contribution in [0.25, 0.3) is 0 Å². The summed E-state index contributed by atoms with van der Waals surface area (Å²) in [5.74, 6) is 0.221. The molecule has 2 saturated heterocycles. The van der Waals surface area contributed by atoms with Gasteiger partial charge >= 0.3 is 6.03 Å². The van der Waals surface area contributed by atoms with E-state index in [1.807, 2.05) is 6.92 Å². The van der Waals surface area contributed by atoms with Gasteiger partial charge < -0.3 is 15.5 Å². The molecule has 0 aromatic rings. The van der Waals surface area contributed by atoms with Crippen LogP contribution in [0.4, 0.5) is 4.79 Å². The fraction of sp³-hybridized carbons (Fsp3) is 0.857. The second-order valence-electron chi connectivity index (χ2n) is 6.01. The number of sulfone groups is 1. The van der Waals surface area contributed by atoms with E-state index in [9.17, 15) is 18.0 Å². The Morgan fingerprint density at radius 2 is 2.00 bits per heavy atom. The molecule has 0 radical (unpaired) electrons. The fourth-order valence-electron chi connectivity index (χ4n) is 3.05. The second-order valence-corrected chi connectivity index (χ2v) is 8.17. The number of carbonyl (C=O) groups excluding carboxylic acids is 2. The summed E-state index contributed by atoms with van der Waals surface area (Å²) in [6.45, 7) is 3.12. The lowest BCUT2D eigenvalue weighted by atomic mass is 10.1. The lowest BCUT2D eigenvalue weighted by Crippen LogP contribution is -2.37. The Balaban J connectivity index is 1.63. The molecule has 22 heavy (non-hydrogen) atoms. The van der Waals surface area contributed by atoms with Crippen molar-refractivity contribution in [1.82, 2.24) is 15.5 Å². The van der Waals surface area contributed by atoms with Crippen molar-refractivity contribution in [1.29, 1.82) is 0 Å². The summed E-state index contributed by atoms with van der Waals surface area (Å²) < 4.78 is 23.2. The summed E-state index contributed by atoms with van der Waals surface area (Å²) in [6, 6.07) is -0.566. The van der Waals surface area contributed by atoms with Gasteiger partial charge in [0.2, 0.25) is 5.91 Å². The molecule has 0 saturated carbocycles. The van der Waals surface area contributed by atoms with Gasteiger partial charge in [0.1, 0.15) is 0 Å². The number of unbranched alkanes of at least 4 members (excludes halogenated alkanes) is 3. The van der Waals surface area contributed by atoms with Gasteiger partial charge in [0, 0.05) is 19.5 Å². The zero-order valence-electron chi connectivity index (χ0n) is 13.0. The van der Waals surface area contributed by atoms with Crippen molar-refractivity contribution in [3.63, 3.8) is 0 Å². The van der Waals surface area contributed by atoms with E-state index in [1.54, 1.807) is 4.90 Å². The number of hydrogen-bond donors (Lipinski definition) is 2. The van der Waals surface area contributed by atoms with E-state index in [4.69, 9.17) is 0 Å². The van der Waals surface area contributed by atoms with E-state index in [-0.39, 0.29) is 35.5 Å². The molecule has 8 heteroatoms. The van der Waals surface area contributed by atoms with Crippen molar-refractivity contribution < 1.29 is 18.0 Å². The quantitative estimate of drug-likeness (QED) is 0.493. The Bertz CT molecular complexity index is 520. The average Bonchev–Trinajstić information content (AvgIpc) is 2.89. The molecule has 2 N–H and O–H groups in total. The first kappa shape index (κ1) is 17.1. The molecule has 0 bridgehead atoms. The summed E-state index contributed by atoms with van der Waals surface area (Å²) in [4.78, 5) is 24.6. The molecule has 7 nitrogen and oxygen atoms in total. The van der Waals surface area contributed by atoms with Crippen molar-refractivity contribution in [3.8, 4) is 0 Å². The normalized spacial score (nSPS) is 25.9. The van der Waals surface area contributed by atoms with Crippen molar-refractivity contribution in [2.24, 2.45) is 0 Å². The Morgan fingerprint density at radius 1 is 1.27 bits per heavy atom. The summed E-state index contributed by atoms with van der Waals surface area (Å²) in [5, 5.41) is 5.59. The van der Waals surface area contributed by atoms with E-state index >= 15 is 0 Å². The van der Waals surface area contributed by atoms with Crippen LogP contribution in [0.5, 0.6) is 0 Å². The maximum atomic E-state index is 11.8. The first-order valence-electron chi connectivity index (χ1n) is 7.97. The number of hydrogen-bond acceptors (Lipinski definition) is 4. The van der Waals surface area contributed by atoms with Crippen LogP contribution in [-0.4, -0.2) is 61.9 Å². The highest BCUT2D eigenvalue weighted by Gasteiger charge is 2.48. The molecular weight excluding hydrogens is 306 g/mol. The van der Waals surface area contributed by atoms with Gasteiger partial charge in [-0.1, -0.05) is 19.8 Å². The number of fused-ring (bicyclic) bond motifs is 1. The van der Waals surface area contributed by atoms with Gasteiger partial charge in [-0.3, -0.25) is 4.79 Å². The van der Waals surface area contributed by atoms with Crippen molar-refractivity contribution in [3.05, 3.63) is 0 Å². The first-order chi connectivity index (χ1) is 10.4. The van der Waals surface area contributed by atoms with Crippen molar-refractivity contribution in [2.45, 2.75) is 51.1 Å². The minimum absolute atomic E-state index is 0.0665. The average molecular weight is 331 g/mol. The molecule has 2 heterocycles. The van der Waals surface area contributed by atoms with Gasteiger partial charge in [-0.15, -0.1) is 0 Å². The lowest BCUT2D eigenvalue weighted by molar-refractivity contribution is -0.120. The summed E-state index contributed by atoms with van der Waals surface area (Å²) >= 11 is 0. The van der Waals surface area contributed by atoms with Gasteiger partial charge in [-0.25, -0.2) is 13.2 Å². The highest BCUT2D eigenvalue weighted by Crippen LogP contribution is 2.24. The minimum atomic E-state index is -3.01. The predicted octanol–water partition coefficient (Wildman–Crippen LogP) is 0.264. The molecule has 2 aliphatic rings. The molecule has 2 aliphatic heterocycles. The maximum Gasteiger partial charge on any atom is 0.318 e. The molecule has 0 unspecified atom stereocenters. The molecule has 126 valence electrons. The Morgan fingerprint density at radius 3 is 2.73 bits per heavy atom. The Hall–Kier alpha value is -1.31. The van der Waals surface area contributed by atoms with Crippen LogP contribution in [0.2, 0.25) is 0 Å². The largest absolute Gasteiger partial charge is 0.356 e. The van der Waals surface area contributed by atoms with Crippen LogP contribution in [-0.2, 0) is 14.6 Å². The van der Waals surface area contributed by atoms with E-state index < -0.39 is 9.84 Å². The highest BCUT2D eigenvalue weighted by atomic mass is 32.2. The molecule has 0 spiro atoms. The molecule has 2 fully saturated rings. The van der Waals surface area contributed by atoms with E-state index in [2.05, 4.69) is 10.6 Å².